The molecule has 5 heteroatoms. The third-order valence-corrected chi connectivity index (χ3v) is 2.07. The van der Waals surface area contributed by atoms with Crippen molar-refractivity contribution in [2.45, 2.75) is 13.8 Å². The van der Waals surface area contributed by atoms with Crippen LogP contribution in [0.3, 0.4) is 0 Å². The molecular formula is C11H12N2O3. The molecule has 84 valence electrons. The van der Waals surface area contributed by atoms with Gasteiger partial charge in [-0.1, -0.05) is 0 Å². The van der Waals surface area contributed by atoms with Crippen LogP contribution in [0, 0.1) is 4.91 Å². The summed E-state index contributed by atoms with van der Waals surface area (Å²) in [5.41, 5.74) is 0.542. The maximum Gasteiger partial charge on any atom is 0.251 e. The fourth-order valence-corrected chi connectivity index (χ4v) is 1.31. The molecule has 0 unspecified atom stereocenters. The number of hydrogen-bond donors (Lipinski definition) is 1. The van der Waals surface area contributed by atoms with Crippen LogP contribution in [0.1, 0.15) is 34.6 Å². The van der Waals surface area contributed by atoms with Crippen molar-refractivity contribution in [2.24, 2.45) is 5.18 Å². The van der Waals surface area contributed by atoms with Gasteiger partial charge >= 0.3 is 0 Å². The van der Waals surface area contributed by atoms with Gasteiger partial charge in [0, 0.05) is 17.7 Å². The Kier molecular flexibility index (Phi) is 3.88. The number of nitrogens with zero attached hydrogens (tertiary/aromatic N) is 1. The molecular weight excluding hydrogens is 208 g/mol. The molecule has 16 heavy (non-hydrogen) atoms. The van der Waals surface area contributed by atoms with Gasteiger partial charge in [0.25, 0.3) is 5.91 Å². The molecule has 1 amide bonds. The molecule has 5 nitrogen and oxygen atoms in total. The number of benzene rings is 1. The van der Waals surface area contributed by atoms with Gasteiger partial charge < -0.3 is 5.32 Å². The van der Waals surface area contributed by atoms with Crippen molar-refractivity contribution in [3.8, 4) is 0 Å². The van der Waals surface area contributed by atoms with E-state index in [1.54, 1.807) is 6.92 Å². The maximum atomic E-state index is 11.5. The Balaban J connectivity index is 3.13. The van der Waals surface area contributed by atoms with Crippen LogP contribution in [-0.2, 0) is 0 Å². The van der Waals surface area contributed by atoms with Crippen LogP contribution in [0.5, 0.6) is 0 Å². The summed E-state index contributed by atoms with van der Waals surface area (Å²) in [4.78, 5) is 33.1. The summed E-state index contributed by atoms with van der Waals surface area (Å²) in [5.74, 6) is -0.542. The van der Waals surface area contributed by atoms with Crippen molar-refractivity contribution in [1.29, 1.82) is 0 Å². The van der Waals surface area contributed by atoms with E-state index in [9.17, 15) is 14.5 Å². The Bertz CT molecular complexity index is 441. The highest BCUT2D eigenvalue weighted by Crippen LogP contribution is 2.21. The number of carbonyl (C=O) groups is 2. The van der Waals surface area contributed by atoms with Gasteiger partial charge in [-0.05, 0) is 37.2 Å². The van der Waals surface area contributed by atoms with Crippen molar-refractivity contribution < 1.29 is 9.59 Å². The quantitative estimate of drug-likeness (QED) is 0.623. The molecule has 1 aromatic carbocycles. The number of Topliss-reactive ketones (excluding diaryl/α,β-unsaturated/α-hetero) is 1. The van der Waals surface area contributed by atoms with Crippen LogP contribution in [0.2, 0.25) is 0 Å². The summed E-state index contributed by atoms with van der Waals surface area (Å²) < 4.78 is 0. The molecule has 0 saturated heterocycles. The number of rotatable bonds is 4. The van der Waals surface area contributed by atoms with Crippen molar-refractivity contribution in [1.82, 2.24) is 5.32 Å². The van der Waals surface area contributed by atoms with Gasteiger partial charge in [0.2, 0.25) is 0 Å². The lowest BCUT2D eigenvalue weighted by Gasteiger charge is -2.04. The van der Waals surface area contributed by atoms with Crippen LogP contribution >= 0.6 is 0 Å². The molecule has 1 rings (SSSR count). The van der Waals surface area contributed by atoms with E-state index in [0.717, 1.165) is 0 Å². The zero-order valence-corrected chi connectivity index (χ0v) is 9.11. The second kappa shape index (κ2) is 5.16. The minimum atomic E-state index is -0.289. The van der Waals surface area contributed by atoms with Crippen molar-refractivity contribution in [3.63, 3.8) is 0 Å². The first-order chi connectivity index (χ1) is 7.60. The zero-order valence-electron chi connectivity index (χ0n) is 9.11. The number of nitroso groups, excluding NO2 is 1. The first-order valence-corrected chi connectivity index (χ1v) is 4.86. The van der Waals surface area contributed by atoms with Crippen molar-refractivity contribution >= 4 is 17.4 Å². The second-order valence-corrected chi connectivity index (χ2v) is 3.24. The highest BCUT2D eigenvalue weighted by Gasteiger charge is 2.12. The molecule has 0 aromatic heterocycles. The Morgan fingerprint density at radius 3 is 2.56 bits per heavy atom. The minimum absolute atomic E-state index is 0.00347. The topological polar surface area (TPSA) is 75.6 Å². The molecule has 0 fully saturated rings. The van der Waals surface area contributed by atoms with Crippen LogP contribution in [0.25, 0.3) is 0 Å². The number of carbonyl (C=O) groups excluding carboxylic acids is 2. The Morgan fingerprint density at radius 1 is 1.38 bits per heavy atom. The molecule has 0 aliphatic rings. The van der Waals surface area contributed by atoms with Crippen LogP contribution in [0.15, 0.2) is 23.4 Å². The molecule has 1 N–H and O–H groups in total. The molecule has 0 aliphatic carbocycles. The van der Waals surface area contributed by atoms with E-state index in [0.29, 0.717) is 12.1 Å². The summed E-state index contributed by atoms with van der Waals surface area (Å²) >= 11 is 0. The fraction of sp³-hybridized carbons (Fsp3) is 0.273. The molecule has 0 heterocycles. The van der Waals surface area contributed by atoms with E-state index in [1.165, 1.54) is 25.1 Å². The highest BCUT2D eigenvalue weighted by atomic mass is 16.3. The molecule has 0 bridgehead atoms. The Labute approximate surface area is 92.8 Å². The molecule has 0 atom stereocenters. The first-order valence-electron chi connectivity index (χ1n) is 4.86. The number of nitrogens with one attached hydrogen (secondary N) is 1. The maximum absolute atomic E-state index is 11.5. The van der Waals surface area contributed by atoms with Crippen molar-refractivity contribution in [3.05, 3.63) is 34.2 Å². The predicted octanol–water partition coefficient (Wildman–Crippen LogP) is 2.04. The Hall–Kier alpha value is -2.04. The molecule has 1 aromatic rings. The third kappa shape index (κ3) is 2.50. The van der Waals surface area contributed by atoms with Gasteiger partial charge in [0.15, 0.2) is 5.78 Å². The van der Waals surface area contributed by atoms with E-state index < -0.39 is 0 Å². The van der Waals surface area contributed by atoms with Gasteiger partial charge in [0.1, 0.15) is 5.69 Å². The third-order valence-electron chi connectivity index (χ3n) is 2.07. The van der Waals surface area contributed by atoms with E-state index in [4.69, 9.17) is 0 Å². The average molecular weight is 220 g/mol. The average Bonchev–Trinajstić information content (AvgIpc) is 2.28. The van der Waals surface area contributed by atoms with Crippen LogP contribution < -0.4 is 5.32 Å². The lowest BCUT2D eigenvalue weighted by atomic mass is 10.1. The summed E-state index contributed by atoms with van der Waals surface area (Å²) in [6, 6.07) is 4.24. The minimum Gasteiger partial charge on any atom is -0.352 e. The Morgan fingerprint density at radius 2 is 2.06 bits per heavy atom. The van der Waals surface area contributed by atoms with Gasteiger partial charge in [-0.15, -0.1) is 4.91 Å². The second-order valence-electron chi connectivity index (χ2n) is 3.24. The van der Waals surface area contributed by atoms with E-state index in [2.05, 4.69) is 10.5 Å². The lowest BCUT2D eigenvalue weighted by Crippen LogP contribution is -2.22. The number of ketones is 1. The molecule has 0 radical (unpaired) electrons. The van der Waals surface area contributed by atoms with Crippen molar-refractivity contribution in [2.75, 3.05) is 6.54 Å². The summed E-state index contributed by atoms with van der Waals surface area (Å²) in [6.45, 7) is 3.63. The van der Waals surface area contributed by atoms with Gasteiger partial charge in [-0.2, -0.15) is 0 Å². The van der Waals surface area contributed by atoms with E-state index >= 15 is 0 Å². The standard InChI is InChI=1S/C11H12N2O3/c1-3-12-11(15)8-4-5-9(7(2)14)10(6-8)13-16/h4-6H,3H2,1-2H3,(H,12,15). The molecule has 0 saturated carbocycles. The summed E-state index contributed by atoms with van der Waals surface area (Å²) in [7, 11) is 0. The van der Waals surface area contributed by atoms with Gasteiger partial charge in [-0.3, -0.25) is 9.59 Å². The molecule has 0 aliphatic heterocycles. The van der Waals surface area contributed by atoms with Crippen LogP contribution in [-0.4, -0.2) is 18.2 Å². The van der Waals surface area contributed by atoms with Gasteiger partial charge in [0.05, 0.1) is 0 Å². The van der Waals surface area contributed by atoms with Crippen LogP contribution in [0.4, 0.5) is 5.69 Å². The number of amides is 1. The fourth-order valence-electron chi connectivity index (χ4n) is 1.31. The first kappa shape index (κ1) is 12.0. The smallest absolute Gasteiger partial charge is 0.251 e. The summed E-state index contributed by atoms with van der Waals surface area (Å²) in [6.07, 6.45) is 0. The van der Waals surface area contributed by atoms with E-state index in [-0.39, 0.29) is 22.9 Å². The molecule has 0 spiro atoms. The van der Waals surface area contributed by atoms with Gasteiger partial charge in [-0.25, -0.2) is 0 Å². The number of hydrogen-bond acceptors (Lipinski definition) is 4. The SMILES string of the molecule is CCNC(=O)c1ccc(C(C)=O)c(N=O)c1. The normalized spacial score (nSPS) is 9.62. The summed E-state index contributed by atoms with van der Waals surface area (Å²) in [5, 5.41) is 5.34. The zero-order chi connectivity index (χ0) is 12.1. The highest BCUT2D eigenvalue weighted by molar-refractivity contribution is 6.02. The largest absolute Gasteiger partial charge is 0.352 e. The predicted molar refractivity (Wildman–Crippen MR) is 59.9 cm³/mol. The lowest BCUT2D eigenvalue weighted by molar-refractivity contribution is 0.0953. The van der Waals surface area contributed by atoms with E-state index in [1.807, 2.05) is 0 Å². The monoisotopic (exact) mass is 220 g/mol.